The minimum atomic E-state index is -1.20. The first-order valence-electron chi connectivity index (χ1n) is 13.6. The van der Waals surface area contributed by atoms with E-state index in [1.54, 1.807) is 0 Å². The lowest BCUT2D eigenvalue weighted by Gasteiger charge is -2.47. The van der Waals surface area contributed by atoms with Gasteiger partial charge in [0.2, 0.25) is 0 Å². The lowest BCUT2D eigenvalue weighted by molar-refractivity contribution is -0.272. The Labute approximate surface area is 226 Å². The van der Waals surface area contributed by atoms with E-state index in [2.05, 4.69) is 6.92 Å². The maximum absolute atomic E-state index is 11.3. The summed E-state index contributed by atoms with van der Waals surface area (Å²) in [4.78, 5) is 0. The van der Waals surface area contributed by atoms with Crippen LogP contribution in [0.5, 0.6) is 0 Å². The molecule has 0 aromatic heterocycles. The fourth-order valence-corrected chi connectivity index (χ4v) is 4.79. The van der Waals surface area contributed by atoms with E-state index < -0.39 is 36.6 Å². The average molecular weight is 521 g/mol. The summed E-state index contributed by atoms with van der Waals surface area (Å²) in [6.07, 6.45) is -2.33. The second kappa shape index (κ2) is 15.1. The minimum Gasteiger partial charge on any atom is -0.387 e. The van der Waals surface area contributed by atoms with Crippen LogP contribution >= 0.6 is 0 Å². The third-order valence-electron chi connectivity index (χ3n) is 6.91. The van der Waals surface area contributed by atoms with Gasteiger partial charge in [0.1, 0.15) is 36.6 Å². The lowest BCUT2D eigenvalue weighted by atomic mass is 9.84. The van der Waals surface area contributed by atoms with E-state index in [9.17, 15) is 10.2 Å². The Morgan fingerprint density at radius 3 is 1.26 bits per heavy atom. The van der Waals surface area contributed by atoms with Crippen LogP contribution in [0.15, 0.2) is 91.0 Å². The van der Waals surface area contributed by atoms with Gasteiger partial charge in [-0.3, -0.25) is 0 Å². The van der Waals surface area contributed by atoms with Crippen molar-refractivity contribution >= 4 is 0 Å². The molecule has 204 valence electrons. The van der Waals surface area contributed by atoms with Gasteiger partial charge in [0.05, 0.1) is 19.8 Å². The maximum Gasteiger partial charge on any atom is 0.116 e. The fourth-order valence-electron chi connectivity index (χ4n) is 4.79. The first kappa shape index (κ1) is 28.4. The largest absolute Gasteiger partial charge is 0.387 e. The quantitative estimate of drug-likeness (QED) is 0.290. The van der Waals surface area contributed by atoms with E-state index in [4.69, 9.17) is 18.9 Å². The highest BCUT2D eigenvalue weighted by atomic mass is 16.6. The van der Waals surface area contributed by atoms with Crippen molar-refractivity contribution in [1.82, 2.24) is 0 Å². The van der Waals surface area contributed by atoms with E-state index in [1.165, 1.54) is 0 Å². The van der Waals surface area contributed by atoms with Gasteiger partial charge < -0.3 is 29.2 Å². The molecule has 1 saturated carbocycles. The third kappa shape index (κ3) is 7.96. The van der Waals surface area contributed by atoms with E-state index in [0.717, 1.165) is 36.0 Å². The van der Waals surface area contributed by atoms with Crippen molar-refractivity contribution in [3.8, 4) is 0 Å². The number of ether oxygens (including phenoxy) is 4. The van der Waals surface area contributed by atoms with Gasteiger partial charge in [-0.05, 0) is 23.1 Å². The van der Waals surface area contributed by atoms with Crippen LogP contribution in [-0.4, -0.2) is 53.4 Å². The molecule has 0 spiro atoms. The van der Waals surface area contributed by atoms with Gasteiger partial charge >= 0.3 is 0 Å². The molecule has 6 nitrogen and oxygen atoms in total. The van der Waals surface area contributed by atoms with Crippen LogP contribution in [0.2, 0.25) is 0 Å². The van der Waals surface area contributed by atoms with Gasteiger partial charge in [0.15, 0.2) is 0 Å². The van der Waals surface area contributed by atoms with Crippen molar-refractivity contribution < 1.29 is 29.2 Å². The van der Waals surface area contributed by atoms with Crippen LogP contribution < -0.4 is 0 Å². The number of aliphatic hydroxyl groups excluding tert-OH is 2. The standard InChI is InChI=1S/C32H40O6/c1-2-3-13-20-35-29-27(33)28(34)30(36-21-24-14-7-4-8-15-24)32(38-23-26-18-11-6-12-19-26)31(29)37-22-25-16-9-5-10-17-25/h4-12,14-19,27-34H,2-3,13,20-23H2,1H3. The molecule has 0 aliphatic heterocycles. The highest BCUT2D eigenvalue weighted by Crippen LogP contribution is 2.32. The molecule has 0 bridgehead atoms. The van der Waals surface area contributed by atoms with E-state index in [1.807, 2.05) is 91.0 Å². The molecule has 6 heteroatoms. The molecular formula is C32H40O6. The summed E-state index contributed by atoms with van der Waals surface area (Å²) >= 11 is 0. The predicted octanol–water partition coefficient (Wildman–Crippen LogP) is 5.05. The van der Waals surface area contributed by atoms with Crippen molar-refractivity contribution in [2.45, 2.75) is 82.6 Å². The van der Waals surface area contributed by atoms with Crippen LogP contribution in [0.25, 0.3) is 0 Å². The Morgan fingerprint density at radius 2 is 0.868 bits per heavy atom. The number of hydrogen-bond donors (Lipinski definition) is 2. The van der Waals surface area contributed by atoms with E-state index in [-0.39, 0.29) is 6.61 Å². The number of hydrogen-bond acceptors (Lipinski definition) is 6. The van der Waals surface area contributed by atoms with E-state index in [0.29, 0.717) is 19.8 Å². The topological polar surface area (TPSA) is 77.4 Å². The normalized spacial score (nSPS) is 25.3. The maximum atomic E-state index is 11.3. The van der Waals surface area contributed by atoms with Gasteiger partial charge in [0.25, 0.3) is 0 Å². The molecule has 0 heterocycles. The number of aliphatic hydroxyl groups is 2. The zero-order valence-electron chi connectivity index (χ0n) is 22.1. The van der Waals surface area contributed by atoms with Crippen molar-refractivity contribution in [2.24, 2.45) is 0 Å². The molecule has 0 saturated heterocycles. The van der Waals surface area contributed by atoms with Gasteiger partial charge in [-0.1, -0.05) is 111 Å². The summed E-state index contributed by atoms with van der Waals surface area (Å²) in [6.45, 7) is 3.50. The second-order valence-corrected chi connectivity index (χ2v) is 9.81. The van der Waals surface area contributed by atoms with Crippen LogP contribution in [-0.2, 0) is 38.8 Å². The average Bonchev–Trinajstić information content (AvgIpc) is 2.97. The monoisotopic (exact) mass is 520 g/mol. The molecule has 1 aliphatic rings. The van der Waals surface area contributed by atoms with Gasteiger partial charge in [-0.15, -0.1) is 0 Å². The lowest BCUT2D eigenvalue weighted by Crippen LogP contribution is -2.66. The molecule has 2 N–H and O–H groups in total. The number of unbranched alkanes of at least 4 members (excludes halogenated alkanes) is 2. The molecule has 1 fully saturated rings. The molecule has 4 rings (SSSR count). The summed E-state index contributed by atoms with van der Waals surface area (Å²) in [5.74, 6) is 0. The summed E-state index contributed by atoms with van der Waals surface area (Å²) in [5, 5.41) is 22.5. The molecule has 6 unspecified atom stereocenters. The van der Waals surface area contributed by atoms with Gasteiger partial charge in [-0.2, -0.15) is 0 Å². The summed E-state index contributed by atoms with van der Waals surface area (Å²) in [5.41, 5.74) is 2.97. The number of rotatable bonds is 14. The van der Waals surface area contributed by atoms with Crippen LogP contribution in [0.1, 0.15) is 42.9 Å². The van der Waals surface area contributed by atoms with Crippen molar-refractivity contribution in [2.75, 3.05) is 6.61 Å². The Kier molecular flexibility index (Phi) is 11.3. The number of benzene rings is 3. The molecule has 0 radical (unpaired) electrons. The Balaban J connectivity index is 1.58. The fraction of sp³-hybridized carbons (Fsp3) is 0.438. The van der Waals surface area contributed by atoms with Crippen LogP contribution in [0.3, 0.4) is 0 Å². The summed E-state index contributed by atoms with van der Waals surface area (Å²) in [7, 11) is 0. The van der Waals surface area contributed by atoms with Crippen LogP contribution in [0, 0.1) is 0 Å². The highest BCUT2D eigenvalue weighted by Gasteiger charge is 2.52. The summed E-state index contributed by atoms with van der Waals surface area (Å²) < 4.78 is 25.3. The first-order chi connectivity index (χ1) is 18.7. The zero-order chi connectivity index (χ0) is 26.6. The molecule has 6 atom stereocenters. The second-order valence-electron chi connectivity index (χ2n) is 9.81. The Morgan fingerprint density at radius 1 is 0.500 bits per heavy atom. The molecule has 38 heavy (non-hydrogen) atoms. The van der Waals surface area contributed by atoms with E-state index >= 15 is 0 Å². The smallest absolute Gasteiger partial charge is 0.116 e. The van der Waals surface area contributed by atoms with Gasteiger partial charge in [0, 0.05) is 6.61 Å². The SMILES string of the molecule is CCCCCOC1C(O)C(O)C(OCc2ccccc2)C(OCc2ccccc2)C1OCc1ccccc1. The molecule has 3 aromatic rings. The van der Waals surface area contributed by atoms with Crippen molar-refractivity contribution in [1.29, 1.82) is 0 Å². The zero-order valence-corrected chi connectivity index (χ0v) is 22.1. The Bertz CT molecular complexity index is 1030. The molecule has 3 aromatic carbocycles. The van der Waals surface area contributed by atoms with Gasteiger partial charge in [-0.25, -0.2) is 0 Å². The predicted molar refractivity (Wildman–Crippen MR) is 146 cm³/mol. The molecule has 0 amide bonds. The summed E-state index contributed by atoms with van der Waals surface area (Å²) in [6, 6.07) is 29.5. The minimum absolute atomic E-state index is 0.272. The molecule has 1 aliphatic carbocycles. The Hall–Kier alpha value is -2.58. The highest BCUT2D eigenvalue weighted by molar-refractivity contribution is 5.16. The van der Waals surface area contributed by atoms with Crippen LogP contribution in [0.4, 0.5) is 0 Å². The third-order valence-corrected chi connectivity index (χ3v) is 6.91. The van der Waals surface area contributed by atoms with Crippen molar-refractivity contribution in [3.05, 3.63) is 108 Å². The molecular weight excluding hydrogens is 480 g/mol. The van der Waals surface area contributed by atoms with Crippen molar-refractivity contribution in [3.63, 3.8) is 0 Å². The first-order valence-corrected chi connectivity index (χ1v) is 13.6.